The summed E-state index contributed by atoms with van der Waals surface area (Å²) >= 11 is 0. The average Bonchev–Trinajstić information content (AvgIpc) is 3.03. The van der Waals surface area contributed by atoms with Crippen LogP contribution in [0.3, 0.4) is 0 Å². The second-order valence-electron chi connectivity index (χ2n) is 7.27. The minimum Gasteiger partial charge on any atom is -0.508 e. The second-order valence-corrected chi connectivity index (χ2v) is 9.16. The van der Waals surface area contributed by atoms with Gasteiger partial charge in [0.2, 0.25) is 15.9 Å². The van der Waals surface area contributed by atoms with Gasteiger partial charge in [-0.2, -0.15) is 4.31 Å². The van der Waals surface area contributed by atoms with E-state index in [4.69, 9.17) is 4.74 Å². The Hall–Kier alpha value is -3.38. The van der Waals surface area contributed by atoms with Crippen molar-refractivity contribution in [1.29, 1.82) is 0 Å². The summed E-state index contributed by atoms with van der Waals surface area (Å²) in [4.78, 5) is 28.3. The lowest BCUT2D eigenvalue weighted by molar-refractivity contribution is -0.144. The first-order valence-electron chi connectivity index (χ1n) is 9.37. The molecule has 0 aliphatic carbocycles. The third kappa shape index (κ3) is 3.75. The number of piperazine rings is 1. The summed E-state index contributed by atoms with van der Waals surface area (Å²) in [5.74, 6) is -0.851. The Morgan fingerprint density at radius 1 is 1.06 bits per heavy atom. The zero-order valence-electron chi connectivity index (χ0n) is 16.0. The Labute approximate surface area is 177 Å². The summed E-state index contributed by atoms with van der Waals surface area (Å²) in [7, 11) is -4.24. The predicted molar refractivity (Wildman–Crippen MR) is 104 cm³/mol. The fourth-order valence-corrected chi connectivity index (χ4v) is 5.69. The van der Waals surface area contributed by atoms with Crippen molar-refractivity contribution in [2.24, 2.45) is 0 Å². The van der Waals surface area contributed by atoms with Gasteiger partial charge in [-0.1, -0.05) is 0 Å². The number of rotatable bonds is 5. The van der Waals surface area contributed by atoms with E-state index in [1.54, 1.807) is 0 Å². The summed E-state index contributed by atoms with van der Waals surface area (Å²) in [6.07, 6.45) is 0.477. The number of amides is 1. The van der Waals surface area contributed by atoms with Crippen molar-refractivity contribution >= 4 is 22.1 Å². The van der Waals surface area contributed by atoms with Crippen LogP contribution in [0.15, 0.2) is 47.5 Å². The Bertz CT molecular complexity index is 1100. The molecule has 2 fully saturated rings. The van der Waals surface area contributed by atoms with Gasteiger partial charge in [-0.15, -0.1) is 0 Å². The number of fused-ring (bicyclic) bond motifs is 2. The molecule has 2 aliphatic rings. The van der Waals surface area contributed by atoms with Crippen LogP contribution >= 0.6 is 0 Å². The zero-order valence-corrected chi connectivity index (χ0v) is 16.8. The van der Waals surface area contributed by atoms with Crippen LogP contribution in [0.1, 0.15) is 12.8 Å². The number of hydrogen-bond donors (Lipinski definition) is 3. The van der Waals surface area contributed by atoms with Gasteiger partial charge in [0.05, 0.1) is 12.2 Å². The maximum Gasteiger partial charge on any atom is 0.407 e. The lowest BCUT2D eigenvalue weighted by atomic mass is 10.1. The molecule has 31 heavy (non-hydrogen) atoms. The number of aliphatic carboxylic acids is 1. The Morgan fingerprint density at radius 3 is 2.35 bits per heavy atom. The fourth-order valence-electron chi connectivity index (χ4n) is 4.10. The number of carboxylic acids is 1. The van der Waals surface area contributed by atoms with Gasteiger partial charge in [-0.25, -0.2) is 18.2 Å². The highest BCUT2D eigenvalue weighted by Gasteiger charge is 2.55. The molecule has 11 nitrogen and oxygen atoms in total. The summed E-state index contributed by atoms with van der Waals surface area (Å²) in [6.45, 7) is -0.242. The lowest BCUT2D eigenvalue weighted by Crippen LogP contribution is -2.64. The molecule has 1 aromatic heterocycles. The first-order chi connectivity index (χ1) is 14.7. The predicted octanol–water partition coefficient (Wildman–Crippen LogP) is 1.55. The molecular formula is C19H19N3O8S. The van der Waals surface area contributed by atoms with Gasteiger partial charge in [0.25, 0.3) is 0 Å². The summed E-state index contributed by atoms with van der Waals surface area (Å²) < 4.78 is 32.7. The van der Waals surface area contributed by atoms with Crippen LogP contribution in [0.2, 0.25) is 0 Å². The minimum absolute atomic E-state index is 0.0618. The van der Waals surface area contributed by atoms with Gasteiger partial charge in [-0.05, 0) is 43.2 Å². The first kappa shape index (κ1) is 20.9. The number of carbonyl (C=O) groups is 2. The number of pyridine rings is 1. The molecule has 0 unspecified atom stereocenters. The molecular weight excluding hydrogens is 430 g/mol. The molecule has 4 rings (SSSR count). The number of phenols is 1. The van der Waals surface area contributed by atoms with E-state index in [1.807, 2.05) is 0 Å². The fraction of sp³-hybridized carbons (Fsp3) is 0.316. The molecule has 3 N–H and O–H groups in total. The number of aromatic hydroxyl groups is 1. The number of nitrogens with zero attached hydrogens (tertiary/aromatic N) is 3. The number of sulfonamides is 1. The summed E-state index contributed by atoms with van der Waals surface area (Å²) in [5, 5.41) is 28.4. The highest BCUT2D eigenvalue weighted by molar-refractivity contribution is 7.89. The van der Waals surface area contributed by atoms with E-state index in [0.717, 1.165) is 15.4 Å². The van der Waals surface area contributed by atoms with Gasteiger partial charge in [0.15, 0.2) is 0 Å². The number of phenolic OH excluding ortho intramolecular Hbond substituents is 1. The van der Waals surface area contributed by atoms with Crippen molar-refractivity contribution in [3.8, 4) is 17.4 Å². The van der Waals surface area contributed by atoms with Crippen LogP contribution in [0, 0.1) is 0 Å². The summed E-state index contributed by atoms with van der Waals surface area (Å²) in [5.41, 5.74) is 0. The smallest absolute Gasteiger partial charge is 0.407 e. The molecule has 1 amide bonds. The van der Waals surface area contributed by atoms with E-state index >= 15 is 0 Å². The molecule has 3 atom stereocenters. The van der Waals surface area contributed by atoms with Gasteiger partial charge in [0, 0.05) is 18.7 Å². The molecule has 1 aromatic carbocycles. The SMILES string of the molecule is O=C(O)[C@H]1[C@@H]2CC[C@H](CN1S(=O)(=O)c1ccc(Oc3ccc(O)cc3)nc1)N2C(=O)O. The topological polar surface area (TPSA) is 158 Å². The average molecular weight is 449 g/mol. The normalized spacial score (nSPS) is 23.5. The lowest BCUT2D eigenvalue weighted by Gasteiger charge is -2.42. The third-order valence-electron chi connectivity index (χ3n) is 5.46. The van der Waals surface area contributed by atoms with Crippen molar-refractivity contribution in [1.82, 2.24) is 14.2 Å². The van der Waals surface area contributed by atoms with E-state index < -0.39 is 40.2 Å². The third-order valence-corrected chi connectivity index (χ3v) is 7.29. The Kier molecular flexibility index (Phi) is 5.19. The van der Waals surface area contributed by atoms with E-state index in [1.165, 1.54) is 36.4 Å². The number of aromatic nitrogens is 1. The molecule has 0 radical (unpaired) electrons. The quantitative estimate of drug-likeness (QED) is 0.616. The number of benzene rings is 1. The van der Waals surface area contributed by atoms with Crippen molar-refractivity contribution in [3.05, 3.63) is 42.6 Å². The molecule has 2 aliphatic heterocycles. The molecule has 0 spiro atoms. The van der Waals surface area contributed by atoms with E-state index in [0.29, 0.717) is 12.2 Å². The van der Waals surface area contributed by atoms with Crippen LogP contribution in [0.25, 0.3) is 0 Å². The Morgan fingerprint density at radius 2 is 1.77 bits per heavy atom. The van der Waals surface area contributed by atoms with E-state index in [2.05, 4.69) is 4.98 Å². The van der Waals surface area contributed by atoms with E-state index in [9.17, 15) is 33.3 Å². The van der Waals surface area contributed by atoms with Gasteiger partial charge in [-0.3, -0.25) is 9.69 Å². The molecule has 2 bridgehead atoms. The van der Waals surface area contributed by atoms with Crippen LogP contribution in [0.5, 0.6) is 17.4 Å². The first-order valence-corrected chi connectivity index (χ1v) is 10.8. The molecule has 2 saturated heterocycles. The number of carboxylic acid groups (broad SMARTS) is 2. The maximum atomic E-state index is 13.2. The molecule has 12 heteroatoms. The van der Waals surface area contributed by atoms with Gasteiger partial charge < -0.3 is 20.1 Å². The van der Waals surface area contributed by atoms with Crippen molar-refractivity contribution in [3.63, 3.8) is 0 Å². The summed E-state index contributed by atoms with van der Waals surface area (Å²) in [6, 6.07) is 5.38. The standard InChI is InChI=1S/C19H19N3O8S/c23-12-2-4-13(5-3-12)30-16-8-6-14(9-20-16)31(28,29)21-10-11-1-7-15(17(21)18(24)25)22(11)19(26)27/h2-6,8-9,11,15,17,23H,1,7,10H2,(H,24,25)(H,26,27)/t11-,15+,17-/m1/s1. The molecule has 164 valence electrons. The minimum atomic E-state index is -4.24. The number of hydrogen-bond acceptors (Lipinski definition) is 7. The van der Waals surface area contributed by atoms with Gasteiger partial charge in [0.1, 0.15) is 22.4 Å². The number of ether oxygens (including phenoxy) is 1. The van der Waals surface area contributed by atoms with Crippen LogP contribution in [-0.2, 0) is 14.8 Å². The van der Waals surface area contributed by atoms with E-state index in [-0.39, 0.29) is 29.5 Å². The second kappa shape index (κ2) is 7.71. The maximum absolute atomic E-state index is 13.2. The Balaban J connectivity index is 1.59. The molecule has 3 heterocycles. The van der Waals surface area contributed by atoms with Gasteiger partial charge >= 0.3 is 12.1 Å². The highest BCUT2D eigenvalue weighted by atomic mass is 32.2. The van der Waals surface area contributed by atoms with Crippen LogP contribution in [0.4, 0.5) is 4.79 Å². The van der Waals surface area contributed by atoms with Crippen molar-refractivity contribution in [2.45, 2.75) is 35.9 Å². The highest BCUT2D eigenvalue weighted by Crippen LogP contribution is 2.37. The largest absolute Gasteiger partial charge is 0.508 e. The van der Waals surface area contributed by atoms with Crippen molar-refractivity contribution in [2.75, 3.05) is 6.54 Å². The van der Waals surface area contributed by atoms with Crippen molar-refractivity contribution < 1.29 is 38.1 Å². The molecule has 2 aromatic rings. The molecule has 0 saturated carbocycles. The monoisotopic (exact) mass is 449 g/mol. The van der Waals surface area contributed by atoms with Crippen LogP contribution < -0.4 is 4.74 Å². The zero-order chi connectivity index (χ0) is 22.3. The van der Waals surface area contributed by atoms with Crippen LogP contribution in [-0.4, -0.2) is 74.7 Å².